The molecule has 0 unspecified atom stereocenters. The highest BCUT2D eigenvalue weighted by Gasteiger charge is 2.15. The van der Waals surface area contributed by atoms with Crippen LogP contribution in [0.15, 0.2) is 83.9 Å². The number of anilines is 5. The molecule has 5 aromatic rings. The van der Waals surface area contributed by atoms with Gasteiger partial charge in [-0.15, -0.1) is 12.4 Å². The van der Waals surface area contributed by atoms with Gasteiger partial charge in [-0.05, 0) is 61.4 Å². The maximum atomic E-state index is 11.9. The number of fused-ring (bicyclic) bond motifs is 1. The number of halogens is 1. The third-order valence-corrected chi connectivity index (χ3v) is 7.52. The summed E-state index contributed by atoms with van der Waals surface area (Å²) in [6, 6.07) is 23.1. The summed E-state index contributed by atoms with van der Waals surface area (Å²) in [4.78, 5) is 15.8. The molecule has 0 spiro atoms. The number of benzene rings is 3. The van der Waals surface area contributed by atoms with Crippen molar-refractivity contribution in [2.75, 3.05) is 22.6 Å². The Balaban J connectivity index is 0.00000370. The molecule has 0 atom stereocenters. The summed E-state index contributed by atoms with van der Waals surface area (Å²) in [6.07, 6.45) is 1.64. The van der Waals surface area contributed by atoms with Crippen LogP contribution in [0, 0.1) is 6.92 Å². The van der Waals surface area contributed by atoms with Crippen LogP contribution in [0.5, 0.6) is 0 Å². The zero-order chi connectivity index (χ0) is 27.6. The fourth-order valence-electron chi connectivity index (χ4n) is 4.40. The van der Waals surface area contributed by atoms with Gasteiger partial charge in [0.2, 0.25) is 21.9 Å². The third kappa shape index (κ3) is 6.17. The van der Waals surface area contributed by atoms with Gasteiger partial charge < -0.3 is 20.1 Å². The second-order valence-corrected chi connectivity index (χ2v) is 10.7. The highest BCUT2D eigenvalue weighted by Crippen LogP contribution is 2.29. The van der Waals surface area contributed by atoms with Crippen LogP contribution in [0.2, 0.25) is 0 Å². The average molecular weight is 579 g/mol. The molecule has 0 bridgehead atoms. The summed E-state index contributed by atoms with van der Waals surface area (Å²) in [5.74, 6) is 1.80. The van der Waals surface area contributed by atoms with Crippen LogP contribution < -0.4 is 20.7 Å². The molecule has 0 saturated carbocycles. The van der Waals surface area contributed by atoms with Crippen LogP contribution in [0.3, 0.4) is 0 Å². The summed E-state index contributed by atoms with van der Waals surface area (Å²) in [5.41, 5.74) is 5.10. The zero-order valence-corrected chi connectivity index (χ0v) is 24.0. The monoisotopic (exact) mass is 578 g/mol. The summed E-state index contributed by atoms with van der Waals surface area (Å²) < 4.78 is 26.0. The molecule has 5 rings (SSSR count). The molecule has 0 amide bonds. The van der Waals surface area contributed by atoms with Gasteiger partial charge in [0, 0.05) is 37.7 Å². The number of hydrogen-bond acceptors (Lipinski definition) is 8. The molecule has 0 aliphatic carbocycles. The van der Waals surface area contributed by atoms with Crippen LogP contribution in [0.4, 0.5) is 29.1 Å². The lowest BCUT2D eigenvalue weighted by atomic mass is 10.2. The smallest absolute Gasteiger partial charge is 0.238 e. The quantitative estimate of drug-likeness (QED) is 0.213. The maximum absolute atomic E-state index is 11.9. The number of hydrogen-bond donors (Lipinski definition) is 3. The molecule has 0 radical (unpaired) electrons. The van der Waals surface area contributed by atoms with Crippen LogP contribution >= 0.6 is 12.4 Å². The van der Waals surface area contributed by atoms with Crippen molar-refractivity contribution in [2.45, 2.75) is 31.8 Å². The Morgan fingerprint density at radius 2 is 1.77 bits per heavy atom. The predicted octanol–water partition coefficient (Wildman–Crippen LogP) is 5.35. The van der Waals surface area contributed by atoms with Crippen molar-refractivity contribution in [3.8, 4) is 0 Å². The van der Waals surface area contributed by atoms with Crippen molar-refractivity contribution >= 4 is 62.6 Å². The van der Waals surface area contributed by atoms with Gasteiger partial charge in [0.25, 0.3) is 0 Å². The first kappa shape index (κ1) is 28.8. The molecule has 40 heavy (non-hydrogen) atoms. The highest BCUT2D eigenvalue weighted by molar-refractivity contribution is 7.89. The van der Waals surface area contributed by atoms with Crippen molar-refractivity contribution in [3.05, 3.63) is 90.1 Å². The van der Waals surface area contributed by atoms with Gasteiger partial charge in [-0.1, -0.05) is 36.4 Å². The third-order valence-electron chi connectivity index (χ3n) is 6.46. The van der Waals surface area contributed by atoms with Crippen molar-refractivity contribution < 1.29 is 8.42 Å². The first-order chi connectivity index (χ1) is 18.7. The van der Waals surface area contributed by atoms with Gasteiger partial charge in [0.05, 0.1) is 15.9 Å². The average Bonchev–Trinajstić information content (AvgIpc) is 3.29. The minimum Gasteiger partial charge on any atom is -0.352 e. The topological polar surface area (TPSA) is 131 Å². The van der Waals surface area contributed by atoms with Crippen molar-refractivity contribution in [1.82, 2.24) is 19.5 Å². The SMILES string of the molecule is CCn1c(NCc2ccccc2)nc2cc(N(C)c3ccnc(Nc4ccc(C)c(S(N)(=O)=O)c4)n3)ccc21.Cl. The van der Waals surface area contributed by atoms with E-state index in [9.17, 15) is 8.42 Å². The van der Waals surface area contributed by atoms with Crippen LogP contribution in [0.1, 0.15) is 18.1 Å². The lowest BCUT2D eigenvalue weighted by molar-refractivity contribution is 0.597. The molecule has 10 nitrogen and oxygen atoms in total. The number of aromatic nitrogens is 4. The van der Waals surface area contributed by atoms with E-state index >= 15 is 0 Å². The summed E-state index contributed by atoms with van der Waals surface area (Å²) in [6.45, 7) is 5.27. The van der Waals surface area contributed by atoms with Gasteiger partial charge in [0.1, 0.15) is 5.82 Å². The van der Waals surface area contributed by atoms with E-state index in [4.69, 9.17) is 10.1 Å². The molecule has 3 aromatic carbocycles. The van der Waals surface area contributed by atoms with Crippen molar-refractivity contribution in [2.24, 2.45) is 5.14 Å². The first-order valence-corrected chi connectivity index (χ1v) is 14.0. The van der Waals surface area contributed by atoms with Crippen molar-refractivity contribution in [3.63, 3.8) is 0 Å². The molecular weight excluding hydrogens is 548 g/mol. The van der Waals surface area contributed by atoms with Crippen LogP contribution in [-0.4, -0.2) is 35.0 Å². The van der Waals surface area contributed by atoms with Crippen molar-refractivity contribution in [1.29, 1.82) is 0 Å². The largest absolute Gasteiger partial charge is 0.352 e. The number of primary sulfonamides is 1. The molecular formula is C28H31ClN8O2S. The van der Waals surface area contributed by atoms with Gasteiger partial charge in [-0.25, -0.2) is 23.5 Å². The number of imidazole rings is 1. The summed E-state index contributed by atoms with van der Waals surface area (Å²) >= 11 is 0. The number of rotatable bonds is 9. The Hall–Kier alpha value is -4.19. The summed E-state index contributed by atoms with van der Waals surface area (Å²) in [5, 5.41) is 11.9. The predicted molar refractivity (Wildman–Crippen MR) is 162 cm³/mol. The van der Waals surface area contributed by atoms with E-state index in [-0.39, 0.29) is 17.3 Å². The summed E-state index contributed by atoms with van der Waals surface area (Å²) in [7, 11) is -1.93. The van der Waals surface area contributed by atoms with E-state index in [0.717, 1.165) is 29.2 Å². The fraction of sp³-hybridized carbons (Fsp3) is 0.179. The Morgan fingerprint density at radius 3 is 2.50 bits per heavy atom. The number of nitrogens with two attached hydrogens (primary N) is 1. The molecule has 12 heteroatoms. The molecule has 2 heterocycles. The molecule has 2 aromatic heterocycles. The maximum Gasteiger partial charge on any atom is 0.238 e. The van der Waals surface area contributed by atoms with E-state index in [1.807, 2.05) is 42.3 Å². The van der Waals surface area contributed by atoms with Gasteiger partial charge in [0.15, 0.2) is 0 Å². The number of sulfonamides is 1. The molecule has 4 N–H and O–H groups in total. The molecule has 0 saturated heterocycles. The van der Waals surface area contributed by atoms with Gasteiger partial charge in [-0.2, -0.15) is 4.98 Å². The number of nitrogens with one attached hydrogen (secondary N) is 2. The molecule has 0 fully saturated rings. The van der Waals surface area contributed by atoms with E-state index in [1.54, 1.807) is 31.3 Å². The van der Waals surface area contributed by atoms with Crippen LogP contribution in [-0.2, 0) is 23.1 Å². The second-order valence-electron chi connectivity index (χ2n) is 9.14. The number of nitrogens with zero attached hydrogens (tertiary/aromatic N) is 5. The fourth-order valence-corrected chi connectivity index (χ4v) is 5.21. The highest BCUT2D eigenvalue weighted by atomic mass is 35.5. The molecule has 0 aliphatic rings. The molecule has 208 valence electrons. The minimum absolute atomic E-state index is 0. The number of aryl methyl sites for hydroxylation is 2. The minimum atomic E-state index is -3.85. The van der Waals surface area contributed by atoms with E-state index in [2.05, 4.69) is 50.3 Å². The lowest BCUT2D eigenvalue weighted by Crippen LogP contribution is -2.14. The Labute approximate surface area is 239 Å². The van der Waals surface area contributed by atoms with Crippen LogP contribution in [0.25, 0.3) is 11.0 Å². The van der Waals surface area contributed by atoms with Gasteiger partial charge >= 0.3 is 0 Å². The lowest BCUT2D eigenvalue weighted by Gasteiger charge is -2.19. The van der Waals surface area contributed by atoms with E-state index < -0.39 is 10.0 Å². The van der Waals surface area contributed by atoms with E-state index in [1.165, 1.54) is 11.6 Å². The molecule has 0 aliphatic heterocycles. The normalized spacial score (nSPS) is 11.2. The van der Waals surface area contributed by atoms with E-state index in [0.29, 0.717) is 29.6 Å². The Kier molecular flexibility index (Phi) is 8.58. The second kappa shape index (κ2) is 11.9. The Morgan fingerprint density at radius 1 is 1.00 bits per heavy atom. The zero-order valence-electron chi connectivity index (χ0n) is 22.4. The van der Waals surface area contributed by atoms with Gasteiger partial charge in [-0.3, -0.25) is 0 Å². The first-order valence-electron chi connectivity index (χ1n) is 12.5. The standard InChI is InChI=1S/C28H30N8O2S.ClH/c1-4-36-24-13-12-22(17-23(24)33-28(36)31-18-20-8-6-5-7-9-20)35(3)26-14-15-30-27(34-26)32-21-11-10-19(2)25(16-21)39(29,37)38;/h5-17H,4,18H2,1-3H3,(H,31,33)(H2,29,37,38)(H,30,32,34);1H. The Bertz CT molecular complexity index is 1740.